The fraction of sp³-hybridized carbons (Fsp3) is 0.583. The molecule has 2 heteroatoms. The summed E-state index contributed by atoms with van der Waals surface area (Å²) in [7, 11) is 0. The molecule has 0 fully saturated rings. The second kappa shape index (κ2) is 15.5. The molecule has 0 aliphatic carbocycles. The fourth-order valence-electron chi connectivity index (χ4n) is 3.04. The maximum atomic E-state index is 9.48. The van der Waals surface area contributed by atoms with Gasteiger partial charge in [0.2, 0.25) is 0 Å². The average molecular weight is 359 g/mol. The molecule has 0 amide bonds. The third kappa shape index (κ3) is 11.8. The number of phenols is 2. The van der Waals surface area contributed by atoms with E-state index in [4.69, 9.17) is 0 Å². The van der Waals surface area contributed by atoms with Crippen molar-refractivity contribution in [1.29, 1.82) is 0 Å². The molecule has 0 bridgehead atoms. The number of phenolic OH excluding ortho intramolecular Hbond substituents is 2. The van der Waals surface area contributed by atoms with Crippen LogP contribution in [0.15, 0.2) is 42.5 Å². The van der Waals surface area contributed by atoms with E-state index >= 15 is 0 Å². The Hall–Kier alpha value is -1.70. The van der Waals surface area contributed by atoms with Crippen LogP contribution in [-0.4, -0.2) is 10.2 Å². The van der Waals surface area contributed by atoms with Crippen LogP contribution in [0.2, 0.25) is 0 Å². The molecule has 146 valence electrons. The second-order valence-electron chi connectivity index (χ2n) is 7.16. The van der Waals surface area contributed by atoms with Crippen LogP contribution in [0.5, 0.6) is 11.5 Å². The van der Waals surface area contributed by atoms with Crippen LogP contribution in [0, 0.1) is 0 Å². The van der Waals surface area contributed by atoms with Gasteiger partial charge in [-0.2, -0.15) is 0 Å². The molecule has 2 N–H and O–H groups in total. The molecule has 1 aromatic rings. The van der Waals surface area contributed by atoms with Crippen molar-refractivity contribution < 1.29 is 10.2 Å². The Labute approximate surface area is 160 Å². The van der Waals surface area contributed by atoms with Crippen molar-refractivity contribution in [3.8, 4) is 11.5 Å². The van der Waals surface area contributed by atoms with Crippen LogP contribution in [0.3, 0.4) is 0 Å². The Balaban J connectivity index is 1.88. The third-order valence-corrected chi connectivity index (χ3v) is 4.71. The number of allylic oxidation sites excluding steroid dienone is 4. The normalized spacial score (nSPS) is 11.7. The monoisotopic (exact) mass is 358 g/mol. The van der Waals surface area contributed by atoms with Gasteiger partial charge < -0.3 is 10.2 Å². The predicted molar refractivity (Wildman–Crippen MR) is 113 cm³/mol. The van der Waals surface area contributed by atoms with Crippen molar-refractivity contribution in [3.05, 3.63) is 48.1 Å². The van der Waals surface area contributed by atoms with Crippen molar-refractivity contribution in [2.24, 2.45) is 0 Å². The Kier molecular flexibility index (Phi) is 13.4. The lowest BCUT2D eigenvalue weighted by Gasteiger charge is -2.04. The first-order valence-corrected chi connectivity index (χ1v) is 10.5. The maximum Gasteiger partial charge on any atom is 0.157 e. The number of benzene rings is 1. The molecule has 0 aliphatic rings. The number of aromatic hydroxyl groups is 2. The zero-order chi connectivity index (χ0) is 18.9. The summed E-state index contributed by atoms with van der Waals surface area (Å²) in [5.41, 5.74) is 1.10. The van der Waals surface area contributed by atoms with Crippen molar-refractivity contribution in [2.75, 3.05) is 0 Å². The first kappa shape index (κ1) is 22.3. The molecule has 0 saturated heterocycles. The summed E-state index contributed by atoms with van der Waals surface area (Å²) in [4.78, 5) is 0. The van der Waals surface area contributed by atoms with E-state index in [1.54, 1.807) is 12.1 Å². The minimum absolute atomic E-state index is 0.0115. The lowest BCUT2D eigenvalue weighted by molar-refractivity contribution is 0.403. The molecular weight excluding hydrogens is 320 g/mol. The zero-order valence-corrected chi connectivity index (χ0v) is 16.6. The Bertz CT molecular complexity index is 517. The smallest absolute Gasteiger partial charge is 0.157 e. The SMILES string of the molecule is CCCCC/C=C\C/C=C/CCCCCCCCc1ccc(O)c(O)c1. The summed E-state index contributed by atoms with van der Waals surface area (Å²) in [5, 5.41) is 18.8. The summed E-state index contributed by atoms with van der Waals surface area (Å²) in [5.74, 6) is -0.0478. The van der Waals surface area contributed by atoms with Crippen molar-refractivity contribution in [1.82, 2.24) is 0 Å². The number of hydrogen-bond donors (Lipinski definition) is 2. The van der Waals surface area contributed by atoms with Crippen molar-refractivity contribution >= 4 is 0 Å². The molecule has 26 heavy (non-hydrogen) atoms. The lowest BCUT2D eigenvalue weighted by Crippen LogP contribution is -1.86. The lowest BCUT2D eigenvalue weighted by atomic mass is 10.0. The molecule has 0 unspecified atom stereocenters. The topological polar surface area (TPSA) is 40.5 Å². The van der Waals surface area contributed by atoms with Gasteiger partial charge in [0.1, 0.15) is 0 Å². The summed E-state index contributed by atoms with van der Waals surface area (Å²) < 4.78 is 0. The first-order valence-electron chi connectivity index (χ1n) is 10.5. The summed E-state index contributed by atoms with van der Waals surface area (Å²) >= 11 is 0. The van der Waals surface area contributed by atoms with Gasteiger partial charge in [0, 0.05) is 0 Å². The Morgan fingerprint density at radius 3 is 1.96 bits per heavy atom. The van der Waals surface area contributed by atoms with Gasteiger partial charge in [-0.25, -0.2) is 0 Å². The molecular formula is C24H38O2. The minimum Gasteiger partial charge on any atom is -0.504 e. The molecule has 2 nitrogen and oxygen atoms in total. The summed E-state index contributed by atoms with van der Waals surface area (Å²) in [6.07, 6.45) is 25.3. The van der Waals surface area contributed by atoms with Crippen molar-refractivity contribution in [2.45, 2.75) is 90.4 Å². The summed E-state index contributed by atoms with van der Waals surface area (Å²) in [6.45, 7) is 2.25. The average Bonchev–Trinajstić information content (AvgIpc) is 2.64. The number of rotatable bonds is 15. The molecule has 0 aliphatic heterocycles. The van der Waals surface area contributed by atoms with E-state index < -0.39 is 0 Å². The van der Waals surface area contributed by atoms with Crippen LogP contribution < -0.4 is 0 Å². The minimum atomic E-state index is -0.0363. The molecule has 0 spiro atoms. The zero-order valence-electron chi connectivity index (χ0n) is 16.6. The van der Waals surface area contributed by atoms with Gasteiger partial charge in [0.25, 0.3) is 0 Å². The van der Waals surface area contributed by atoms with E-state index in [1.165, 1.54) is 64.2 Å². The van der Waals surface area contributed by atoms with Crippen LogP contribution in [0.1, 0.15) is 89.5 Å². The molecule has 0 radical (unpaired) electrons. The van der Waals surface area contributed by atoms with E-state index in [1.807, 2.05) is 6.07 Å². The molecule has 0 atom stereocenters. The molecule has 0 aromatic heterocycles. The van der Waals surface area contributed by atoms with E-state index in [9.17, 15) is 10.2 Å². The first-order chi connectivity index (χ1) is 12.7. The van der Waals surface area contributed by atoms with E-state index in [2.05, 4.69) is 31.2 Å². The highest BCUT2D eigenvalue weighted by Gasteiger charge is 2.00. The molecule has 1 rings (SSSR count). The number of unbranched alkanes of at least 4 members (excludes halogenated alkanes) is 9. The predicted octanol–water partition coefficient (Wildman–Crippen LogP) is 7.45. The van der Waals surface area contributed by atoms with Gasteiger partial charge in [0.05, 0.1) is 0 Å². The van der Waals surface area contributed by atoms with E-state index in [-0.39, 0.29) is 11.5 Å². The van der Waals surface area contributed by atoms with Gasteiger partial charge in [-0.05, 0) is 62.6 Å². The van der Waals surface area contributed by atoms with Gasteiger partial charge in [-0.1, -0.05) is 75.8 Å². The summed E-state index contributed by atoms with van der Waals surface area (Å²) in [6, 6.07) is 5.13. The highest BCUT2D eigenvalue weighted by molar-refractivity contribution is 5.40. The van der Waals surface area contributed by atoms with Crippen molar-refractivity contribution in [3.63, 3.8) is 0 Å². The van der Waals surface area contributed by atoms with Crippen LogP contribution in [0.25, 0.3) is 0 Å². The maximum absolute atomic E-state index is 9.48. The van der Waals surface area contributed by atoms with E-state index in [0.29, 0.717) is 0 Å². The molecule has 0 saturated carbocycles. The van der Waals surface area contributed by atoms with Gasteiger partial charge in [0.15, 0.2) is 11.5 Å². The quantitative estimate of drug-likeness (QED) is 0.194. The molecule has 0 heterocycles. The van der Waals surface area contributed by atoms with Crippen LogP contribution in [-0.2, 0) is 6.42 Å². The van der Waals surface area contributed by atoms with Gasteiger partial charge >= 0.3 is 0 Å². The highest BCUT2D eigenvalue weighted by Crippen LogP contribution is 2.25. The largest absolute Gasteiger partial charge is 0.504 e. The Morgan fingerprint density at radius 2 is 1.31 bits per heavy atom. The van der Waals surface area contributed by atoms with Crippen LogP contribution in [0.4, 0.5) is 0 Å². The Morgan fingerprint density at radius 1 is 0.692 bits per heavy atom. The number of aryl methyl sites for hydroxylation is 1. The van der Waals surface area contributed by atoms with Gasteiger partial charge in [-0.15, -0.1) is 0 Å². The van der Waals surface area contributed by atoms with Gasteiger partial charge in [-0.3, -0.25) is 0 Å². The highest BCUT2D eigenvalue weighted by atomic mass is 16.3. The fourth-order valence-corrected chi connectivity index (χ4v) is 3.04. The number of hydrogen-bond acceptors (Lipinski definition) is 2. The molecule has 1 aromatic carbocycles. The standard InChI is InChI=1S/C24H38O2/c1-2-3-4-5-6-7-8-9-10-11-12-13-14-15-16-17-18-22-19-20-23(25)24(26)21-22/h6-7,9-10,19-21,25-26H,2-5,8,11-18H2,1H3/b7-6-,10-9+. The second-order valence-corrected chi connectivity index (χ2v) is 7.16. The van der Waals surface area contributed by atoms with E-state index in [0.717, 1.165) is 24.8 Å². The third-order valence-electron chi connectivity index (χ3n) is 4.71. The van der Waals surface area contributed by atoms with Crippen LogP contribution >= 0.6 is 0 Å².